The Morgan fingerprint density at radius 3 is 2.49 bits per heavy atom. The number of rotatable bonds is 8. The standard InChI is InChI=1S/C24H23ClN2O10/c1-12-21(16-9-32-22(15(16)8-26-12)13-2-4-14(25)5-3-13)36-20(29)7-6-19(28)35-17-10-33-24-18(37-27(30)31)11-34-23(17)24/h2-5,8,17-18,22-24H,6-7,9-11H2,1H3/t17?,18-,22+,23-,24-/m1/s1. The van der Waals surface area contributed by atoms with Crippen LogP contribution in [0.2, 0.25) is 5.02 Å². The van der Waals surface area contributed by atoms with Crippen LogP contribution < -0.4 is 4.74 Å². The molecule has 1 aromatic carbocycles. The van der Waals surface area contributed by atoms with E-state index >= 15 is 0 Å². The second-order valence-electron chi connectivity index (χ2n) is 8.81. The first-order valence-corrected chi connectivity index (χ1v) is 12.0. The minimum Gasteiger partial charge on any atom is -0.457 e. The number of nitrogens with zero attached hydrogens (tertiary/aromatic N) is 2. The Labute approximate surface area is 215 Å². The number of pyridine rings is 1. The lowest BCUT2D eigenvalue weighted by Crippen LogP contribution is -2.35. The Hall–Kier alpha value is -3.32. The molecule has 0 spiro atoms. The summed E-state index contributed by atoms with van der Waals surface area (Å²) in [5, 5.41) is 10.3. The van der Waals surface area contributed by atoms with Gasteiger partial charge < -0.3 is 28.5 Å². The van der Waals surface area contributed by atoms with E-state index in [4.69, 9.17) is 35.3 Å². The van der Waals surface area contributed by atoms with E-state index in [1.54, 1.807) is 25.3 Å². The van der Waals surface area contributed by atoms with E-state index in [2.05, 4.69) is 9.82 Å². The minimum atomic E-state index is -0.909. The van der Waals surface area contributed by atoms with E-state index in [1.807, 2.05) is 12.1 Å². The molecule has 0 saturated carbocycles. The first-order chi connectivity index (χ1) is 17.8. The summed E-state index contributed by atoms with van der Waals surface area (Å²) < 4.78 is 27.8. The van der Waals surface area contributed by atoms with Gasteiger partial charge in [0.1, 0.15) is 18.3 Å². The lowest BCUT2D eigenvalue weighted by Gasteiger charge is -2.16. The number of benzene rings is 1. The molecule has 5 rings (SSSR count). The molecule has 37 heavy (non-hydrogen) atoms. The van der Waals surface area contributed by atoms with Gasteiger partial charge >= 0.3 is 11.9 Å². The van der Waals surface area contributed by atoms with Crippen molar-refractivity contribution in [2.45, 2.75) is 56.9 Å². The van der Waals surface area contributed by atoms with Crippen molar-refractivity contribution in [3.8, 4) is 5.75 Å². The molecule has 1 aromatic heterocycles. The zero-order chi connectivity index (χ0) is 26.1. The zero-order valence-corrected chi connectivity index (χ0v) is 20.4. The highest BCUT2D eigenvalue weighted by Gasteiger charge is 2.51. The highest BCUT2D eigenvalue weighted by atomic mass is 35.5. The maximum Gasteiger partial charge on any atom is 0.311 e. The third kappa shape index (κ3) is 5.37. The molecule has 0 aliphatic carbocycles. The van der Waals surface area contributed by atoms with Gasteiger partial charge in [-0.15, -0.1) is 10.1 Å². The highest BCUT2D eigenvalue weighted by Crippen LogP contribution is 2.41. The van der Waals surface area contributed by atoms with Crippen molar-refractivity contribution < 1.29 is 43.2 Å². The van der Waals surface area contributed by atoms with E-state index in [-0.39, 0.29) is 38.8 Å². The third-order valence-corrected chi connectivity index (χ3v) is 6.67. The number of carbonyl (C=O) groups excluding carboxylic acids is 2. The molecule has 2 saturated heterocycles. The second kappa shape index (κ2) is 10.6. The number of halogens is 1. The molecule has 3 aliphatic rings. The van der Waals surface area contributed by atoms with Gasteiger partial charge in [-0.2, -0.15) is 0 Å². The van der Waals surface area contributed by atoms with E-state index in [0.29, 0.717) is 16.5 Å². The summed E-state index contributed by atoms with van der Waals surface area (Å²) in [6.07, 6.45) is -2.12. The largest absolute Gasteiger partial charge is 0.457 e. The smallest absolute Gasteiger partial charge is 0.311 e. The Bertz CT molecular complexity index is 1210. The topological polar surface area (TPSA) is 146 Å². The zero-order valence-electron chi connectivity index (χ0n) is 19.7. The Balaban J connectivity index is 1.16. The molecule has 2 aromatic rings. The molecule has 12 nitrogen and oxygen atoms in total. The molecule has 196 valence electrons. The molecular weight excluding hydrogens is 512 g/mol. The summed E-state index contributed by atoms with van der Waals surface area (Å²) in [6.45, 7) is 1.93. The lowest BCUT2D eigenvalue weighted by molar-refractivity contribution is -0.769. The number of esters is 2. The van der Waals surface area contributed by atoms with Crippen LogP contribution in [0.15, 0.2) is 30.5 Å². The minimum absolute atomic E-state index is 0.0128. The second-order valence-corrected chi connectivity index (χ2v) is 9.25. The maximum atomic E-state index is 12.6. The number of hydrogen-bond acceptors (Lipinski definition) is 11. The summed E-state index contributed by atoms with van der Waals surface area (Å²) >= 11 is 5.98. The van der Waals surface area contributed by atoms with Crippen molar-refractivity contribution in [3.63, 3.8) is 0 Å². The van der Waals surface area contributed by atoms with E-state index in [9.17, 15) is 19.7 Å². The van der Waals surface area contributed by atoms with Crippen molar-refractivity contribution in [1.29, 1.82) is 0 Å². The van der Waals surface area contributed by atoms with Crippen LogP contribution in [0.4, 0.5) is 0 Å². The number of aryl methyl sites for hydroxylation is 1. The molecule has 1 unspecified atom stereocenters. The van der Waals surface area contributed by atoms with Gasteiger partial charge in [-0.05, 0) is 24.6 Å². The Morgan fingerprint density at radius 1 is 1.08 bits per heavy atom. The van der Waals surface area contributed by atoms with E-state index in [1.165, 1.54) is 0 Å². The quantitative estimate of drug-likeness (QED) is 0.280. The first-order valence-electron chi connectivity index (χ1n) is 11.6. The van der Waals surface area contributed by atoms with Crippen LogP contribution in [-0.4, -0.2) is 59.6 Å². The van der Waals surface area contributed by atoms with Crippen LogP contribution in [0.1, 0.15) is 41.3 Å². The summed E-state index contributed by atoms with van der Waals surface area (Å²) in [5.41, 5.74) is 2.94. The molecule has 0 radical (unpaired) electrons. The fourth-order valence-electron chi connectivity index (χ4n) is 4.66. The molecule has 2 fully saturated rings. The predicted molar refractivity (Wildman–Crippen MR) is 123 cm³/mol. The van der Waals surface area contributed by atoms with Crippen LogP contribution >= 0.6 is 11.6 Å². The summed E-state index contributed by atoms with van der Waals surface area (Å²) in [7, 11) is 0. The van der Waals surface area contributed by atoms with Crippen LogP contribution in [0.25, 0.3) is 0 Å². The summed E-state index contributed by atoms with van der Waals surface area (Å²) in [5.74, 6) is -0.953. The van der Waals surface area contributed by atoms with Crippen LogP contribution in [0.3, 0.4) is 0 Å². The molecule has 0 amide bonds. The van der Waals surface area contributed by atoms with Gasteiger partial charge in [-0.25, -0.2) is 0 Å². The normalized spacial score (nSPS) is 25.8. The fraction of sp³-hybridized carbons (Fsp3) is 0.458. The number of hydrogen-bond donors (Lipinski definition) is 0. The first kappa shape index (κ1) is 25.3. The Kier molecular flexibility index (Phi) is 7.24. The van der Waals surface area contributed by atoms with Gasteiger partial charge in [0.05, 0.1) is 38.4 Å². The van der Waals surface area contributed by atoms with E-state index in [0.717, 1.165) is 16.7 Å². The van der Waals surface area contributed by atoms with Gasteiger partial charge in [0.15, 0.2) is 18.0 Å². The average Bonchev–Trinajstić information content (AvgIpc) is 3.57. The van der Waals surface area contributed by atoms with Crippen molar-refractivity contribution in [2.75, 3.05) is 13.2 Å². The monoisotopic (exact) mass is 534 g/mol. The van der Waals surface area contributed by atoms with Crippen molar-refractivity contribution in [1.82, 2.24) is 4.98 Å². The molecule has 13 heteroatoms. The molecule has 3 aliphatic heterocycles. The summed E-state index contributed by atoms with van der Waals surface area (Å²) in [6, 6.07) is 7.27. The predicted octanol–water partition coefficient (Wildman–Crippen LogP) is 2.63. The average molecular weight is 535 g/mol. The van der Waals surface area contributed by atoms with Gasteiger partial charge in [-0.1, -0.05) is 23.7 Å². The van der Waals surface area contributed by atoms with Crippen LogP contribution in [0.5, 0.6) is 5.75 Å². The molecule has 0 bridgehead atoms. The summed E-state index contributed by atoms with van der Waals surface area (Å²) in [4.78, 5) is 44.4. The SMILES string of the molecule is Cc1ncc2c(c1OC(=O)CCC(=O)OC1CO[C@H]3[C@@H]1OC[C@H]3O[N+](=O)[O-])CO[C@H]2c1ccc(Cl)cc1. The molecule has 0 N–H and O–H groups in total. The van der Waals surface area contributed by atoms with Crippen molar-refractivity contribution >= 4 is 23.5 Å². The van der Waals surface area contributed by atoms with Gasteiger partial charge in [0.2, 0.25) is 0 Å². The third-order valence-electron chi connectivity index (χ3n) is 6.41. The molecular formula is C24H23ClN2O10. The molecule has 4 heterocycles. The van der Waals surface area contributed by atoms with Crippen LogP contribution in [-0.2, 0) is 40.0 Å². The van der Waals surface area contributed by atoms with Crippen molar-refractivity contribution in [3.05, 3.63) is 68.0 Å². The number of ether oxygens (including phenoxy) is 5. The van der Waals surface area contributed by atoms with E-state index < -0.39 is 41.4 Å². The highest BCUT2D eigenvalue weighted by molar-refractivity contribution is 6.30. The molecule has 5 atom stereocenters. The Morgan fingerprint density at radius 2 is 1.76 bits per heavy atom. The van der Waals surface area contributed by atoms with Crippen molar-refractivity contribution in [2.24, 2.45) is 0 Å². The number of fused-ring (bicyclic) bond motifs is 2. The fourth-order valence-corrected chi connectivity index (χ4v) is 4.79. The maximum absolute atomic E-state index is 12.6. The van der Waals surface area contributed by atoms with Gasteiger partial charge in [0.25, 0.3) is 5.09 Å². The number of aromatic nitrogens is 1. The lowest BCUT2D eigenvalue weighted by atomic mass is 10.0. The van der Waals surface area contributed by atoms with Gasteiger partial charge in [0, 0.05) is 22.3 Å². The van der Waals surface area contributed by atoms with Crippen LogP contribution in [0, 0.1) is 17.0 Å². The number of carbonyl (C=O) groups is 2. The van der Waals surface area contributed by atoms with Gasteiger partial charge in [-0.3, -0.25) is 14.6 Å².